The van der Waals surface area contributed by atoms with Gasteiger partial charge in [0.25, 0.3) is 0 Å². The highest BCUT2D eigenvalue weighted by atomic mass is 16.3. The Morgan fingerprint density at radius 1 is 1.60 bits per heavy atom. The average Bonchev–Trinajstić information content (AvgIpc) is 2.20. The van der Waals surface area contributed by atoms with E-state index >= 15 is 0 Å². The summed E-state index contributed by atoms with van der Waals surface area (Å²) in [6.07, 6.45) is 3.07. The molecule has 15 heavy (non-hydrogen) atoms. The zero-order chi connectivity index (χ0) is 11.3. The van der Waals surface area contributed by atoms with Gasteiger partial charge >= 0.3 is 0 Å². The molecule has 0 amide bonds. The maximum Gasteiger partial charge on any atom is 0.221 e. The molecule has 0 bridgehead atoms. The van der Waals surface area contributed by atoms with Crippen molar-refractivity contribution < 1.29 is 5.11 Å². The number of aliphatic hydroxyl groups excluding tert-OH is 1. The highest BCUT2D eigenvalue weighted by Gasteiger charge is 2.05. The van der Waals surface area contributed by atoms with Crippen LogP contribution >= 0.6 is 0 Å². The zero-order valence-electron chi connectivity index (χ0n) is 9.20. The number of aryl methyl sites for hydroxylation is 1. The van der Waals surface area contributed by atoms with Crippen LogP contribution in [0.4, 0.5) is 11.8 Å². The number of nitrogens with zero attached hydrogens (tertiary/aromatic N) is 2. The summed E-state index contributed by atoms with van der Waals surface area (Å²) in [5.41, 5.74) is 6.39. The Bertz CT molecular complexity index is 316. The molecule has 4 N–H and O–H groups in total. The predicted molar refractivity (Wildman–Crippen MR) is 60.6 cm³/mol. The molecule has 0 aliphatic rings. The van der Waals surface area contributed by atoms with Gasteiger partial charge in [-0.3, -0.25) is 0 Å². The van der Waals surface area contributed by atoms with Crippen molar-refractivity contribution in [2.45, 2.75) is 32.8 Å². The molecule has 0 radical (unpaired) electrons. The van der Waals surface area contributed by atoms with Crippen LogP contribution in [0.2, 0.25) is 0 Å². The number of aromatic nitrogens is 2. The molecular weight excluding hydrogens is 192 g/mol. The molecule has 0 spiro atoms. The fraction of sp³-hybridized carbons (Fsp3) is 0.600. The van der Waals surface area contributed by atoms with Gasteiger partial charge in [-0.25, -0.2) is 4.98 Å². The van der Waals surface area contributed by atoms with Crippen molar-refractivity contribution in [3.05, 3.63) is 11.8 Å². The fourth-order valence-electron chi connectivity index (χ4n) is 1.28. The molecule has 1 unspecified atom stereocenters. The summed E-state index contributed by atoms with van der Waals surface area (Å²) in [7, 11) is 0. The molecule has 1 aromatic rings. The van der Waals surface area contributed by atoms with Crippen LogP contribution in [0.15, 0.2) is 6.20 Å². The lowest BCUT2D eigenvalue weighted by molar-refractivity contribution is 0.176. The van der Waals surface area contributed by atoms with Gasteiger partial charge in [-0.15, -0.1) is 0 Å². The van der Waals surface area contributed by atoms with E-state index in [0.29, 0.717) is 12.4 Å². The van der Waals surface area contributed by atoms with Crippen LogP contribution in [0, 0.1) is 6.92 Å². The maximum absolute atomic E-state index is 9.53. The Morgan fingerprint density at radius 3 is 3.00 bits per heavy atom. The standard InChI is InChI=1S/C10H18N4O/c1-3-4-8(15)6-12-9-7(2)5-13-10(11)14-9/h5,8,15H,3-4,6H2,1-2H3,(H3,11,12,13,14). The first kappa shape index (κ1) is 11.7. The quantitative estimate of drug-likeness (QED) is 0.673. The number of aliphatic hydroxyl groups is 1. The predicted octanol–water partition coefficient (Wildman–Crippen LogP) is 0.940. The molecule has 0 aliphatic heterocycles. The van der Waals surface area contributed by atoms with E-state index < -0.39 is 0 Å². The zero-order valence-corrected chi connectivity index (χ0v) is 9.20. The minimum Gasteiger partial charge on any atom is -0.391 e. The van der Waals surface area contributed by atoms with Crippen molar-refractivity contribution in [2.75, 3.05) is 17.6 Å². The number of anilines is 2. The van der Waals surface area contributed by atoms with Crippen molar-refractivity contribution in [3.63, 3.8) is 0 Å². The third-order valence-corrected chi connectivity index (χ3v) is 2.12. The lowest BCUT2D eigenvalue weighted by atomic mass is 10.2. The summed E-state index contributed by atoms with van der Waals surface area (Å²) in [5.74, 6) is 0.936. The number of nitrogens with two attached hydrogens (primary N) is 1. The van der Waals surface area contributed by atoms with Crippen molar-refractivity contribution in [1.29, 1.82) is 0 Å². The Labute approximate surface area is 89.7 Å². The van der Waals surface area contributed by atoms with E-state index in [9.17, 15) is 5.11 Å². The summed E-state index contributed by atoms with van der Waals surface area (Å²) in [6, 6.07) is 0. The third-order valence-electron chi connectivity index (χ3n) is 2.12. The molecule has 1 rings (SSSR count). The van der Waals surface area contributed by atoms with Gasteiger partial charge in [0.05, 0.1) is 6.10 Å². The van der Waals surface area contributed by atoms with Gasteiger partial charge < -0.3 is 16.2 Å². The van der Waals surface area contributed by atoms with E-state index in [-0.39, 0.29) is 12.1 Å². The Kier molecular flexibility index (Phi) is 4.30. The van der Waals surface area contributed by atoms with Crippen LogP contribution < -0.4 is 11.1 Å². The first-order valence-corrected chi connectivity index (χ1v) is 5.14. The van der Waals surface area contributed by atoms with Crippen LogP contribution in [-0.4, -0.2) is 27.7 Å². The highest BCUT2D eigenvalue weighted by molar-refractivity contribution is 5.45. The van der Waals surface area contributed by atoms with Crippen molar-refractivity contribution in [1.82, 2.24) is 9.97 Å². The van der Waals surface area contributed by atoms with Gasteiger partial charge in [-0.2, -0.15) is 4.98 Å². The molecular formula is C10H18N4O. The Balaban J connectivity index is 2.53. The van der Waals surface area contributed by atoms with Gasteiger partial charge in [0.2, 0.25) is 5.95 Å². The lowest BCUT2D eigenvalue weighted by Crippen LogP contribution is -2.20. The number of rotatable bonds is 5. The van der Waals surface area contributed by atoms with Crippen molar-refractivity contribution >= 4 is 11.8 Å². The smallest absolute Gasteiger partial charge is 0.221 e. The van der Waals surface area contributed by atoms with E-state index in [1.165, 1.54) is 0 Å². The summed E-state index contributed by atoms with van der Waals surface area (Å²) in [5, 5.41) is 12.6. The summed E-state index contributed by atoms with van der Waals surface area (Å²) in [6.45, 7) is 4.43. The Morgan fingerprint density at radius 2 is 2.33 bits per heavy atom. The molecule has 84 valence electrons. The van der Waals surface area contributed by atoms with Crippen molar-refractivity contribution in [2.24, 2.45) is 0 Å². The molecule has 5 nitrogen and oxygen atoms in total. The largest absolute Gasteiger partial charge is 0.391 e. The number of hydrogen-bond acceptors (Lipinski definition) is 5. The second-order valence-electron chi connectivity index (χ2n) is 3.58. The minimum absolute atomic E-state index is 0.244. The van der Waals surface area contributed by atoms with Crippen LogP contribution in [-0.2, 0) is 0 Å². The topological polar surface area (TPSA) is 84.1 Å². The monoisotopic (exact) mass is 210 g/mol. The summed E-state index contributed by atoms with van der Waals surface area (Å²) >= 11 is 0. The second kappa shape index (κ2) is 5.50. The second-order valence-corrected chi connectivity index (χ2v) is 3.58. The molecule has 0 saturated heterocycles. The lowest BCUT2D eigenvalue weighted by Gasteiger charge is -2.12. The molecule has 0 aromatic carbocycles. The van der Waals surface area contributed by atoms with E-state index in [4.69, 9.17) is 5.73 Å². The highest BCUT2D eigenvalue weighted by Crippen LogP contribution is 2.11. The average molecular weight is 210 g/mol. The SMILES string of the molecule is CCCC(O)CNc1nc(N)ncc1C. The molecule has 0 aliphatic carbocycles. The van der Waals surface area contributed by atoms with Gasteiger partial charge in [0.15, 0.2) is 0 Å². The first-order valence-electron chi connectivity index (χ1n) is 5.14. The molecule has 0 fully saturated rings. The van der Waals surface area contributed by atoms with Crippen molar-refractivity contribution in [3.8, 4) is 0 Å². The van der Waals surface area contributed by atoms with Gasteiger partial charge in [-0.1, -0.05) is 13.3 Å². The molecule has 1 aromatic heterocycles. The van der Waals surface area contributed by atoms with Crippen LogP contribution in [0.25, 0.3) is 0 Å². The van der Waals surface area contributed by atoms with Gasteiger partial charge in [0.1, 0.15) is 5.82 Å². The van der Waals surface area contributed by atoms with Crippen LogP contribution in [0.3, 0.4) is 0 Å². The van der Waals surface area contributed by atoms with Gasteiger partial charge in [0, 0.05) is 18.3 Å². The summed E-state index contributed by atoms with van der Waals surface area (Å²) < 4.78 is 0. The molecule has 0 saturated carbocycles. The summed E-state index contributed by atoms with van der Waals surface area (Å²) in [4.78, 5) is 7.92. The van der Waals surface area contributed by atoms with E-state index in [1.54, 1.807) is 6.20 Å². The fourth-order valence-corrected chi connectivity index (χ4v) is 1.28. The minimum atomic E-state index is -0.342. The normalized spacial score (nSPS) is 12.5. The maximum atomic E-state index is 9.53. The van der Waals surface area contributed by atoms with Crippen LogP contribution in [0.5, 0.6) is 0 Å². The van der Waals surface area contributed by atoms with E-state index in [2.05, 4.69) is 15.3 Å². The number of nitrogen functional groups attached to an aromatic ring is 1. The van der Waals surface area contributed by atoms with E-state index in [1.807, 2.05) is 13.8 Å². The third kappa shape index (κ3) is 3.71. The van der Waals surface area contributed by atoms with Gasteiger partial charge in [-0.05, 0) is 13.3 Å². The van der Waals surface area contributed by atoms with Crippen LogP contribution in [0.1, 0.15) is 25.3 Å². The number of hydrogen-bond donors (Lipinski definition) is 3. The molecule has 1 atom stereocenters. The number of nitrogens with one attached hydrogen (secondary N) is 1. The molecule has 5 heteroatoms. The molecule has 1 heterocycles. The Hall–Kier alpha value is -1.36. The first-order chi connectivity index (χ1) is 7.13. The van der Waals surface area contributed by atoms with E-state index in [0.717, 1.165) is 18.4 Å².